The lowest BCUT2D eigenvalue weighted by Crippen LogP contribution is -2.50. The second-order valence-corrected chi connectivity index (χ2v) is 15.8. The third-order valence-corrected chi connectivity index (χ3v) is 7.71. The van der Waals surface area contributed by atoms with E-state index in [1.165, 1.54) is 0 Å². The lowest BCUT2D eigenvalue weighted by atomic mass is 9.86. The van der Waals surface area contributed by atoms with E-state index in [0.717, 1.165) is 44.2 Å². The summed E-state index contributed by atoms with van der Waals surface area (Å²) in [5, 5.41) is 5.18. The first-order chi connectivity index (χ1) is 19.1. The second kappa shape index (κ2) is 17.6. The maximum atomic E-state index is 6.30. The van der Waals surface area contributed by atoms with Gasteiger partial charge in [0, 0.05) is 6.20 Å². The summed E-state index contributed by atoms with van der Waals surface area (Å²) in [6.07, 6.45) is 7.92. The van der Waals surface area contributed by atoms with Crippen molar-refractivity contribution in [1.29, 1.82) is 0 Å². The minimum absolute atomic E-state index is 0.105. The molecule has 0 fully saturated rings. The molecule has 0 saturated carbocycles. The molecule has 0 radical (unpaired) electrons. The topological polar surface area (TPSA) is 76.2 Å². The number of rotatable bonds is 20. The lowest BCUT2D eigenvalue weighted by molar-refractivity contribution is -0.0807. The first-order valence-electron chi connectivity index (χ1n) is 16.3. The molecule has 0 aromatic heterocycles. The van der Waals surface area contributed by atoms with E-state index >= 15 is 0 Å². The molecule has 0 bridgehead atoms. The molecular formula is C34H72N4O4. The molecule has 1 aliphatic heterocycles. The van der Waals surface area contributed by atoms with Gasteiger partial charge in [0.25, 0.3) is 0 Å². The zero-order chi connectivity index (χ0) is 32.9. The number of hydrazine groups is 2. The molecule has 0 aromatic carbocycles. The van der Waals surface area contributed by atoms with Gasteiger partial charge in [0.1, 0.15) is 0 Å². The average molecular weight is 601 g/mol. The molecule has 0 unspecified atom stereocenters. The van der Waals surface area contributed by atoms with E-state index in [1.54, 1.807) is 0 Å². The second-order valence-electron chi connectivity index (χ2n) is 15.8. The quantitative estimate of drug-likeness (QED) is 0.123. The molecule has 3 N–H and O–H groups in total. The highest BCUT2D eigenvalue weighted by Gasteiger charge is 2.32. The molecule has 1 aliphatic rings. The Labute approximate surface area is 261 Å². The molecule has 0 saturated heterocycles. The van der Waals surface area contributed by atoms with Crippen LogP contribution in [0.15, 0.2) is 11.9 Å². The summed E-state index contributed by atoms with van der Waals surface area (Å²) in [6.45, 7) is 35.0. The van der Waals surface area contributed by atoms with Gasteiger partial charge in [0.05, 0.1) is 60.2 Å². The number of hydrogen-bond acceptors (Lipinski definition) is 8. The fourth-order valence-electron chi connectivity index (χ4n) is 4.13. The monoisotopic (exact) mass is 601 g/mol. The maximum absolute atomic E-state index is 6.30. The van der Waals surface area contributed by atoms with Crippen LogP contribution in [-0.2, 0) is 18.9 Å². The highest BCUT2D eigenvalue weighted by Crippen LogP contribution is 2.30. The summed E-state index contributed by atoms with van der Waals surface area (Å²) in [5.74, 6) is 0. The summed E-state index contributed by atoms with van der Waals surface area (Å²) in [4.78, 5) is 0. The van der Waals surface area contributed by atoms with E-state index in [-0.39, 0.29) is 27.9 Å². The zero-order valence-corrected chi connectivity index (χ0v) is 30.7. The van der Waals surface area contributed by atoms with Crippen LogP contribution in [-0.4, -0.2) is 66.6 Å². The van der Waals surface area contributed by atoms with E-state index in [1.807, 2.05) is 20.9 Å². The van der Waals surface area contributed by atoms with Gasteiger partial charge >= 0.3 is 0 Å². The van der Waals surface area contributed by atoms with Crippen LogP contribution >= 0.6 is 0 Å². The summed E-state index contributed by atoms with van der Waals surface area (Å²) in [5.41, 5.74) is 7.02. The lowest BCUT2D eigenvalue weighted by Gasteiger charge is -2.37. The largest absolute Gasteiger partial charge is 0.375 e. The van der Waals surface area contributed by atoms with Crippen LogP contribution in [0.25, 0.3) is 0 Å². The molecule has 8 heteroatoms. The average Bonchev–Trinajstić information content (AvgIpc) is 3.35. The van der Waals surface area contributed by atoms with Crippen LogP contribution in [0.3, 0.4) is 0 Å². The number of ether oxygens (including phenoxy) is 4. The molecule has 0 amide bonds. The van der Waals surface area contributed by atoms with Gasteiger partial charge < -0.3 is 24.4 Å². The number of hydrogen-bond donors (Lipinski definition) is 3. The first kappa shape index (κ1) is 41.1. The summed E-state index contributed by atoms with van der Waals surface area (Å²) in [6, 6.07) is 0. The maximum Gasteiger partial charge on any atom is 0.0970 e. The first-order valence-corrected chi connectivity index (χ1v) is 16.3. The summed E-state index contributed by atoms with van der Waals surface area (Å²) >= 11 is 0. The van der Waals surface area contributed by atoms with Crippen molar-refractivity contribution in [2.45, 2.75) is 170 Å². The van der Waals surface area contributed by atoms with Crippen molar-refractivity contribution in [3.8, 4) is 0 Å². The molecule has 1 heterocycles. The third kappa shape index (κ3) is 18.7. The minimum Gasteiger partial charge on any atom is -0.375 e. The Morgan fingerprint density at radius 3 is 1.55 bits per heavy atom. The zero-order valence-electron chi connectivity index (χ0n) is 30.7. The molecule has 0 atom stereocenters. The molecule has 8 nitrogen and oxygen atoms in total. The van der Waals surface area contributed by atoms with Gasteiger partial charge in [-0.1, -0.05) is 34.6 Å². The van der Waals surface area contributed by atoms with Crippen molar-refractivity contribution in [1.82, 2.24) is 21.3 Å². The normalized spacial score (nSPS) is 15.3. The fraction of sp³-hybridized carbons (Fsp3) is 0.941. The van der Waals surface area contributed by atoms with Crippen LogP contribution < -0.4 is 16.3 Å². The molecule has 252 valence electrons. The van der Waals surface area contributed by atoms with Crippen LogP contribution in [0, 0.1) is 5.41 Å². The van der Waals surface area contributed by atoms with Crippen LogP contribution in [0.5, 0.6) is 0 Å². The van der Waals surface area contributed by atoms with Crippen molar-refractivity contribution in [2.24, 2.45) is 5.41 Å². The van der Waals surface area contributed by atoms with Crippen LogP contribution in [0.4, 0.5) is 0 Å². The Bertz CT molecular complexity index is 770. The number of nitrogens with zero attached hydrogens (tertiary/aromatic N) is 1. The minimum atomic E-state index is -0.278. The van der Waals surface area contributed by atoms with E-state index in [2.05, 4.69) is 117 Å². The summed E-state index contributed by atoms with van der Waals surface area (Å²) in [7, 11) is 1.89. The van der Waals surface area contributed by atoms with Gasteiger partial charge in [-0.05, 0) is 120 Å². The van der Waals surface area contributed by atoms with Crippen molar-refractivity contribution in [3.05, 3.63) is 11.9 Å². The van der Waals surface area contributed by atoms with Crippen LogP contribution in [0.1, 0.15) is 142 Å². The van der Waals surface area contributed by atoms with Crippen molar-refractivity contribution >= 4 is 0 Å². The van der Waals surface area contributed by atoms with E-state index in [0.29, 0.717) is 32.0 Å². The third-order valence-electron chi connectivity index (χ3n) is 7.71. The van der Waals surface area contributed by atoms with Crippen molar-refractivity contribution < 1.29 is 18.9 Å². The van der Waals surface area contributed by atoms with Gasteiger partial charge in [-0.3, -0.25) is 10.3 Å². The van der Waals surface area contributed by atoms with Gasteiger partial charge in [-0.25, -0.2) is 0 Å². The molecule has 0 aromatic rings. The van der Waals surface area contributed by atoms with E-state index in [9.17, 15) is 0 Å². The molecular weight excluding hydrogens is 528 g/mol. The van der Waals surface area contributed by atoms with Gasteiger partial charge in [0.2, 0.25) is 0 Å². The van der Waals surface area contributed by atoms with Crippen molar-refractivity contribution in [2.75, 3.05) is 33.6 Å². The molecule has 0 spiro atoms. The Morgan fingerprint density at radius 1 is 0.619 bits per heavy atom. The predicted molar refractivity (Wildman–Crippen MR) is 178 cm³/mol. The highest BCUT2D eigenvalue weighted by molar-refractivity contribution is 5.06. The SMILES string of the molecule is CC.CNCOC(C)(C)CCOC(C)(C)CCC(C)(C)N1C=C(COC(C)(C)CCOC(C)(C)CCC(C)(C)C)NN1. The molecule has 1 rings (SSSR count). The Kier molecular flexibility index (Phi) is 17.2. The fourth-order valence-corrected chi connectivity index (χ4v) is 4.13. The van der Waals surface area contributed by atoms with E-state index in [4.69, 9.17) is 18.9 Å². The standard InChI is InChI=1S/C32H66N4O4.C2H6/c1-27(2,3)15-17-29(6,7)37-21-19-31(10,11)39-24-26-23-36(35-34-26)28(4,5)16-18-30(8,9)38-22-20-32(12,13)40-25-33-14;1-2/h23,33-35H,15-22,24-25H2,1-14H3;1-2H3. The predicted octanol–water partition coefficient (Wildman–Crippen LogP) is 7.70. The Morgan fingerprint density at radius 2 is 1.07 bits per heavy atom. The molecule has 42 heavy (non-hydrogen) atoms. The van der Waals surface area contributed by atoms with E-state index < -0.39 is 0 Å². The van der Waals surface area contributed by atoms with Gasteiger partial charge in [-0.2, -0.15) is 0 Å². The van der Waals surface area contributed by atoms with Crippen molar-refractivity contribution in [3.63, 3.8) is 0 Å². The van der Waals surface area contributed by atoms with Gasteiger partial charge in [-0.15, -0.1) is 5.53 Å². The van der Waals surface area contributed by atoms with Crippen LogP contribution in [0.2, 0.25) is 0 Å². The number of nitrogens with one attached hydrogen (secondary N) is 3. The highest BCUT2D eigenvalue weighted by atomic mass is 16.5. The smallest absolute Gasteiger partial charge is 0.0970 e. The Balaban J connectivity index is 0.00000821. The Hall–Kier alpha value is -0.900. The summed E-state index contributed by atoms with van der Waals surface area (Å²) < 4.78 is 24.7. The van der Waals surface area contributed by atoms with Gasteiger partial charge in [0.15, 0.2) is 0 Å². The molecule has 0 aliphatic carbocycles.